The zero-order chi connectivity index (χ0) is 17.3. The number of nitrogens with one attached hydrogen (secondary N) is 1. The fourth-order valence-corrected chi connectivity index (χ4v) is 3.31. The zero-order valence-electron chi connectivity index (χ0n) is 13.9. The fraction of sp³-hybridized carbons (Fsp3) is 0.353. The van der Waals surface area contributed by atoms with Crippen molar-refractivity contribution in [1.82, 2.24) is 4.98 Å². The number of aryl methyl sites for hydroxylation is 2. The summed E-state index contributed by atoms with van der Waals surface area (Å²) in [4.78, 5) is 31.2. The van der Waals surface area contributed by atoms with Gasteiger partial charge in [0.2, 0.25) is 11.8 Å². The van der Waals surface area contributed by atoms with Crippen molar-refractivity contribution < 1.29 is 14.3 Å². The number of ether oxygens (including phenoxy) is 1. The van der Waals surface area contributed by atoms with Crippen LogP contribution in [-0.4, -0.2) is 30.5 Å². The molecule has 2 amide bonds. The number of aromatic nitrogens is 1. The minimum Gasteiger partial charge on any atom is -0.491 e. The van der Waals surface area contributed by atoms with Gasteiger partial charge in [0.1, 0.15) is 5.75 Å². The van der Waals surface area contributed by atoms with E-state index in [4.69, 9.17) is 4.74 Å². The summed E-state index contributed by atoms with van der Waals surface area (Å²) in [6, 6.07) is 5.49. The topological polar surface area (TPSA) is 71.5 Å². The van der Waals surface area contributed by atoms with Gasteiger partial charge in [-0.2, -0.15) is 0 Å². The number of carbonyl (C=O) groups excluding carboxylic acids is 2. The second kappa shape index (κ2) is 6.60. The number of amides is 2. The highest BCUT2D eigenvalue weighted by Crippen LogP contribution is 2.31. The van der Waals surface area contributed by atoms with Crippen molar-refractivity contribution in [2.45, 2.75) is 26.7 Å². The molecule has 0 unspecified atom stereocenters. The second-order valence-corrected chi connectivity index (χ2v) is 6.94. The molecule has 0 spiro atoms. The maximum Gasteiger partial charge on any atom is 0.230 e. The molecule has 0 saturated carbocycles. The van der Waals surface area contributed by atoms with E-state index in [1.165, 1.54) is 11.3 Å². The molecule has 0 atom stereocenters. The third-order valence-electron chi connectivity index (χ3n) is 3.97. The van der Waals surface area contributed by atoms with E-state index >= 15 is 0 Å². The predicted octanol–water partition coefficient (Wildman–Crippen LogP) is 2.69. The Labute approximate surface area is 144 Å². The molecule has 1 aromatic heterocycles. The number of hydrogen-bond donors (Lipinski definition) is 1. The number of rotatable bonds is 3. The van der Waals surface area contributed by atoms with Gasteiger partial charge in [-0.1, -0.05) is 6.07 Å². The number of anilines is 2. The predicted molar refractivity (Wildman–Crippen MR) is 93.9 cm³/mol. The lowest BCUT2D eigenvalue weighted by Gasteiger charge is -2.17. The smallest absolute Gasteiger partial charge is 0.230 e. The van der Waals surface area contributed by atoms with Gasteiger partial charge in [0.25, 0.3) is 0 Å². The Morgan fingerprint density at radius 3 is 2.92 bits per heavy atom. The van der Waals surface area contributed by atoms with E-state index in [2.05, 4.69) is 10.3 Å². The average molecular weight is 345 g/mol. The average Bonchev–Trinajstić information content (AvgIpc) is 2.77. The molecule has 1 aliphatic heterocycles. The molecule has 2 heterocycles. The summed E-state index contributed by atoms with van der Waals surface area (Å²) in [5, 5.41) is 3.43. The van der Waals surface area contributed by atoms with E-state index in [1.807, 2.05) is 32.0 Å². The summed E-state index contributed by atoms with van der Waals surface area (Å²) in [5.74, 6) is 0.537. The van der Waals surface area contributed by atoms with Gasteiger partial charge in [-0.15, -0.1) is 11.3 Å². The van der Waals surface area contributed by atoms with Gasteiger partial charge in [-0.05, 0) is 31.5 Å². The van der Waals surface area contributed by atoms with Crippen LogP contribution in [0.1, 0.15) is 22.6 Å². The Morgan fingerprint density at radius 2 is 2.21 bits per heavy atom. The number of benzene rings is 1. The molecule has 2 aromatic rings. The summed E-state index contributed by atoms with van der Waals surface area (Å²) >= 11 is 1.46. The van der Waals surface area contributed by atoms with Crippen LogP contribution in [0.2, 0.25) is 0 Å². The molecule has 126 valence electrons. The van der Waals surface area contributed by atoms with Crippen molar-refractivity contribution >= 4 is 34.0 Å². The van der Waals surface area contributed by atoms with Crippen LogP contribution in [0.15, 0.2) is 18.2 Å². The first-order valence-corrected chi connectivity index (χ1v) is 8.52. The van der Waals surface area contributed by atoms with Crippen LogP contribution in [-0.2, 0) is 16.0 Å². The highest BCUT2D eigenvalue weighted by molar-refractivity contribution is 7.15. The third-order valence-corrected chi connectivity index (χ3v) is 4.96. The molecule has 0 saturated heterocycles. The number of nitrogens with zero attached hydrogens (tertiary/aromatic N) is 2. The Bertz CT molecular complexity index is 781. The first-order chi connectivity index (χ1) is 11.4. The van der Waals surface area contributed by atoms with Crippen LogP contribution in [0.3, 0.4) is 0 Å². The lowest BCUT2D eigenvalue weighted by molar-refractivity contribution is -0.118. The van der Waals surface area contributed by atoms with Crippen molar-refractivity contribution in [2.75, 3.05) is 23.9 Å². The maximum atomic E-state index is 12.2. The molecule has 0 fully saturated rings. The lowest BCUT2D eigenvalue weighted by atomic mass is 10.1. The molecule has 6 nitrogen and oxygen atoms in total. The fourth-order valence-electron chi connectivity index (χ4n) is 2.48. The lowest BCUT2D eigenvalue weighted by Crippen LogP contribution is -2.25. The molecule has 7 heteroatoms. The van der Waals surface area contributed by atoms with Gasteiger partial charge in [-0.25, -0.2) is 4.98 Å². The van der Waals surface area contributed by atoms with Crippen LogP contribution >= 0.6 is 11.3 Å². The normalized spacial score (nSPS) is 14.0. The van der Waals surface area contributed by atoms with Crippen LogP contribution in [0, 0.1) is 13.8 Å². The Balaban J connectivity index is 1.74. The molecular weight excluding hydrogens is 326 g/mol. The van der Waals surface area contributed by atoms with Crippen molar-refractivity contribution in [3.05, 3.63) is 34.3 Å². The number of thiazole rings is 1. The van der Waals surface area contributed by atoms with Crippen molar-refractivity contribution in [1.29, 1.82) is 0 Å². The van der Waals surface area contributed by atoms with E-state index < -0.39 is 0 Å². The summed E-state index contributed by atoms with van der Waals surface area (Å²) in [5.41, 5.74) is 2.45. The Hall–Kier alpha value is -2.41. The molecule has 3 rings (SSSR count). The van der Waals surface area contributed by atoms with Gasteiger partial charge < -0.3 is 15.0 Å². The highest BCUT2D eigenvalue weighted by atomic mass is 32.1. The molecule has 0 radical (unpaired) electrons. The largest absolute Gasteiger partial charge is 0.491 e. The Morgan fingerprint density at radius 1 is 1.42 bits per heavy atom. The van der Waals surface area contributed by atoms with E-state index in [1.54, 1.807) is 11.9 Å². The monoisotopic (exact) mass is 345 g/mol. The molecule has 0 bridgehead atoms. The molecule has 1 N–H and O–H groups in total. The van der Waals surface area contributed by atoms with E-state index in [-0.39, 0.29) is 18.2 Å². The molecule has 0 aliphatic carbocycles. The summed E-state index contributed by atoms with van der Waals surface area (Å²) in [7, 11) is 1.72. The zero-order valence-corrected chi connectivity index (χ0v) is 14.7. The van der Waals surface area contributed by atoms with Gasteiger partial charge in [0.05, 0.1) is 30.8 Å². The maximum absolute atomic E-state index is 12.2. The van der Waals surface area contributed by atoms with Crippen molar-refractivity contribution in [3.8, 4) is 5.75 Å². The Kier molecular flexibility index (Phi) is 4.53. The quantitative estimate of drug-likeness (QED) is 0.928. The summed E-state index contributed by atoms with van der Waals surface area (Å²) in [6.07, 6.45) is 0.566. The van der Waals surface area contributed by atoms with Gasteiger partial charge >= 0.3 is 0 Å². The van der Waals surface area contributed by atoms with Crippen molar-refractivity contribution in [3.63, 3.8) is 0 Å². The van der Waals surface area contributed by atoms with Gasteiger partial charge in [0.15, 0.2) is 5.13 Å². The first-order valence-electron chi connectivity index (χ1n) is 7.70. The molecule has 1 aliphatic rings. The number of carbonyl (C=O) groups is 2. The minimum absolute atomic E-state index is 0.00378. The van der Waals surface area contributed by atoms with E-state index in [0.717, 1.165) is 16.1 Å². The van der Waals surface area contributed by atoms with E-state index in [9.17, 15) is 9.59 Å². The van der Waals surface area contributed by atoms with Crippen LogP contribution in [0.25, 0.3) is 0 Å². The van der Waals surface area contributed by atoms with Crippen LogP contribution in [0.5, 0.6) is 5.75 Å². The number of hydrogen-bond acceptors (Lipinski definition) is 5. The van der Waals surface area contributed by atoms with Crippen molar-refractivity contribution in [2.24, 2.45) is 0 Å². The van der Waals surface area contributed by atoms with Gasteiger partial charge in [-0.3, -0.25) is 9.59 Å². The summed E-state index contributed by atoms with van der Waals surface area (Å²) < 4.78 is 5.59. The molecule has 24 heavy (non-hydrogen) atoms. The number of fused-ring (bicyclic) bond motifs is 1. The SMILES string of the molecule is Cc1nc(NC(=O)Cc2ccc3c(c2)N(C)C(=O)CCO3)sc1C. The first kappa shape index (κ1) is 16.4. The second-order valence-electron chi connectivity index (χ2n) is 5.74. The summed E-state index contributed by atoms with van der Waals surface area (Å²) in [6.45, 7) is 4.27. The molecule has 1 aromatic carbocycles. The molecular formula is C17H19N3O3S. The van der Waals surface area contributed by atoms with Crippen LogP contribution in [0.4, 0.5) is 10.8 Å². The van der Waals surface area contributed by atoms with E-state index in [0.29, 0.717) is 29.6 Å². The third kappa shape index (κ3) is 3.41. The standard InChI is InChI=1S/C17H19N3O3S/c1-10-11(2)24-17(18-10)19-15(21)9-12-4-5-14-13(8-12)20(3)16(22)6-7-23-14/h4-5,8H,6-7,9H2,1-3H3,(H,18,19,21). The minimum atomic E-state index is -0.132. The highest BCUT2D eigenvalue weighted by Gasteiger charge is 2.20. The van der Waals surface area contributed by atoms with Gasteiger partial charge in [0, 0.05) is 11.9 Å². The van der Waals surface area contributed by atoms with Crippen LogP contribution < -0.4 is 15.0 Å².